The van der Waals surface area contributed by atoms with Gasteiger partial charge >= 0.3 is 0 Å². The van der Waals surface area contributed by atoms with Crippen LogP contribution in [0.3, 0.4) is 0 Å². The molecule has 6 nitrogen and oxygen atoms in total. The first kappa shape index (κ1) is 14.0. The van der Waals surface area contributed by atoms with Crippen LogP contribution in [0.5, 0.6) is 0 Å². The van der Waals surface area contributed by atoms with Crippen molar-refractivity contribution in [3.63, 3.8) is 0 Å². The Morgan fingerprint density at radius 1 is 1.53 bits per heavy atom. The zero-order valence-corrected chi connectivity index (χ0v) is 11.5. The molecule has 1 unspecified atom stereocenters. The lowest BCUT2D eigenvalue weighted by molar-refractivity contribution is 0.0914. The highest BCUT2D eigenvalue weighted by atomic mass is 16.2. The van der Waals surface area contributed by atoms with E-state index in [-0.39, 0.29) is 11.9 Å². The normalized spacial score (nSPS) is 18.2. The molecule has 1 aromatic rings. The van der Waals surface area contributed by atoms with Crippen LogP contribution in [0.2, 0.25) is 0 Å². The van der Waals surface area contributed by atoms with E-state index in [4.69, 9.17) is 5.73 Å². The number of hydrogen-bond acceptors (Lipinski definition) is 4. The first-order valence-corrected chi connectivity index (χ1v) is 7.11. The number of carbonyl (C=O) groups excluding carboxylic acids is 1. The minimum absolute atomic E-state index is 0.138. The standard InChI is InChI=1S/C13H23N5O/c1-10(11-5-3-2-4-6-11)15-13(19)12-9-18(8-7-14)17-16-12/h9-11H,2-8,14H2,1H3,(H,15,19). The van der Waals surface area contributed by atoms with Crippen LogP contribution in [0, 0.1) is 5.92 Å². The number of nitrogens with zero attached hydrogens (tertiary/aromatic N) is 3. The van der Waals surface area contributed by atoms with Gasteiger partial charge in [-0.2, -0.15) is 0 Å². The third kappa shape index (κ3) is 3.76. The molecule has 3 N–H and O–H groups in total. The largest absolute Gasteiger partial charge is 0.348 e. The number of nitrogens with one attached hydrogen (secondary N) is 1. The molecule has 1 amide bonds. The fourth-order valence-electron chi connectivity index (χ4n) is 2.68. The molecule has 1 aliphatic rings. The van der Waals surface area contributed by atoms with Crippen molar-refractivity contribution < 1.29 is 4.79 Å². The van der Waals surface area contributed by atoms with Crippen molar-refractivity contribution >= 4 is 5.91 Å². The molecule has 1 saturated carbocycles. The molecule has 0 radical (unpaired) electrons. The first-order valence-electron chi connectivity index (χ1n) is 7.11. The van der Waals surface area contributed by atoms with E-state index in [1.165, 1.54) is 32.1 Å². The molecule has 6 heteroatoms. The monoisotopic (exact) mass is 265 g/mol. The minimum Gasteiger partial charge on any atom is -0.348 e. The van der Waals surface area contributed by atoms with Crippen LogP contribution in [0.4, 0.5) is 0 Å². The summed E-state index contributed by atoms with van der Waals surface area (Å²) < 4.78 is 1.60. The van der Waals surface area contributed by atoms with E-state index in [0.717, 1.165) is 0 Å². The van der Waals surface area contributed by atoms with Crippen molar-refractivity contribution in [2.24, 2.45) is 11.7 Å². The summed E-state index contributed by atoms with van der Waals surface area (Å²) in [7, 11) is 0. The molecule has 0 bridgehead atoms. The Kier molecular flexibility index (Phi) is 4.90. The maximum atomic E-state index is 12.1. The van der Waals surface area contributed by atoms with Gasteiger partial charge in [-0.3, -0.25) is 9.48 Å². The predicted octanol–water partition coefficient (Wildman–Crippen LogP) is 0.935. The van der Waals surface area contributed by atoms with Gasteiger partial charge in [0.1, 0.15) is 0 Å². The molecule has 0 aromatic carbocycles. The molecular weight excluding hydrogens is 242 g/mol. The average Bonchev–Trinajstić information content (AvgIpc) is 2.89. The highest BCUT2D eigenvalue weighted by Gasteiger charge is 2.22. The van der Waals surface area contributed by atoms with Gasteiger partial charge in [-0.15, -0.1) is 5.10 Å². The quantitative estimate of drug-likeness (QED) is 0.829. The van der Waals surface area contributed by atoms with Crippen LogP contribution in [0.1, 0.15) is 49.5 Å². The zero-order valence-electron chi connectivity index (χ0n) is 11.5. The number of carbonyl (C=O) groups is 1. The molecule has 1 aliphatic carbocycles. The summed E-state index contributed by atoms with van der Waals surface area (Å²) >= 11 is 0. The number of rotatable bonds is 5. The van der Waals surface area contributed by atoms with Crippen molar-refractivity contribution in [3.8, 4) is 0 Å². The molecular formula is C13H23N5O. The molecule has 0 saturated heterocycles. The summed E-state index contributed by atoms with van der Waals surface area (Å²) in [5.41, 5.74) is 5.81. The number of nitrogens with two attached hydrogens (primary N) is 1. The van der Waals surface area contributed by atoms with Crippen molar-refractivity contribution in [2.75, 3.05) is 6.54 Å². The lowest BCUT2D eigenvalue weighted by atomic mass is 9.84. The maximum Gasteiger partial charge on any atom is 0.273 e. The topological polar surface area (TPSA) is 85.8 Å². The lowest BCUT2D eigenvalue weighted by Crippen LogP contribution is -2.39. The summed E-state index contributed by atoms with van der Waals surface area (Å²) in [6.45, 7) is 3.15. The van der Waals surface area contributed by atoms with Crippen molar-refractivity contribution in [3.05, 3.63) is 11.9 Å². The summed E-state index contributed by atoms with van der Waals surface area (Å²) in [6, 6.07) is 0.201. The van der Waals surface area contributed by atoms with Crippen LogP contribution in [0.15, 0.2) is 6.20 Å². The Morgan fingerprint density at radius 3 is 2.95 bits per heavy atom. The van der Waals surface area contributed by atoms with Crippen LogP contribution >= 0.6 is 0 Å². The summed E-state index contributed by atoms with van der Waals surface area (Å²) in [5.74, 6) is 0.457. The van der Waals surface area contributed by atoms with Gasteiger partial charge in [0, 0.05) is 12.6 Å². The second kappa shape index (κ2) is 6.65. The van der Waals surface area contributed by atoms with Crippen LogP contribution < -0.4 is 11.1 Å². The van der Waals surface area contributed by atoms with E-state index < -0.39 is 0 Å². The van der Waals surface area contributed by atoms with Crippen LogP contribution in [0.25, 0.3) is 0 Å². The van der Waals surface area contributed by atoms with E-state index in [0.29, 0.717) is 24.7 Å². The SMILES string of the molecule is CC(NC(=O)c1cn(CCN)nn1)C1CCCCC1. The van der Waals surface area contributed by atoms with Gasteiger partial charge in [0.25, 0.3) is 5.91 Å². The Hall–Kier alpha value is -1.43. The summed E-state index contributed by atoms with van der Waals surface area (Å²) in [6.07, 6.45) is 7.94. The Labute approximate surface area is 113 Å². The van der Waals surface area contributed by atoms with Crippen molar-refractivity contribution in [2.45, 2.75) is 51.6 Å². The van der Waals surface area contributed by atoms with Crippen LogP contribution in [-0.4, -0.2) is 33.5 Å². The Balaban J connectivity index is 1.88. The van der Waals surface area contributed by atoms with Gasteiger partial charge < -0.3 is 11.1 Å². The van der Waals surface area contributed by atoms with E-state index in [2.05, 4.69) is 22.6 Å². The van der Waals surface area contributed by atoms with Crippen molar-refractivity contribution in [1.29, 1.82) is 0 Å². The molecule has 1 fully saturated rings. The Morgan fingerprint density at radius 2 is 2.26 bits per heavy atom. The smallest absolute Gasteiger partial charge is 0.273 e. The summed E-state index contributed by atoms with van der Waals surface area (Å²) in [5, 5.41) is 10.8. The van der Waals surface area contributed by atoms with Gasteiger partial charge in [-0.25, -0.2) is 0 Å². The number of amides is 1. The highest BCUT2D eigenvalue weighted by molar-refractivity contribution is 5.92. The molecule has 1 atom stereocenters. The second-order valence-corrected chi connectivity index (χ2v) is 5.32. The highest BCUT2D eigenvalue weighted by Crippen LogP contribution is 2.26. The molecule has 19 heavy (non-hydrogen) atoms. The van der Waals surface area contributed by atoms with Crippen LogP contribution in [-0.2, 0) is 6.54 Å². The van der Waals surface area contributed by atoms with E-state index in [9.17, 15) is 4.79 Å². The third-order valence-electron chi connectivity index (χ3n) is 3.85. The Bertz CT molecular complexity index is 411. The molecule has 2 rings (SSSR count). The van der Waals surface area contributed by atoms with E-state index in [1.807, 2.05) is 0 Å². The number of aromatic nitrogens is 3. The third-order valence-corrected chi connectivity index (χ3v) is 3.85. The lowest BCUT2D eigenvalue weighted by Gasteiger charge is -2.27. The molecule has 0 spiro atoms. The predicted molar refractivity (Wildman–Crippen MR) is 72.6 cm³/mol. The summed E-state index contributed by atoms with van der Waals surface area (Å²) in [4.78, 5) is 12.1. The minimum atomic E-state index is -0.138. The van der Waals surface area contributed by atoms with Gasteiger partial charge in [0.05, 0.1) is 12.7 Å². The first-order chi connectivity index (χ1) is 9.20. The fraction of sp³-hybridized carbons (Fsp3) is 0.769. The molecule has 106 valence electrons. The van der Waals surface area contributed by atoms with Gasteiger partial charge in [0.2, 0.25) is 0 Å². The van der Waals surface area contributed by atoms with Gasteiger partial charge in [-0.05, 0) is 25.7 Å². The van der Waals surface area contributed by atoms with E-state index >= 15 is 0 Å². The zero-order chi connectivity index (χ0) is 13.7. The number of hydrogen-bond donors (Lipinski definition) is 2. The maximum absolute atomic E-state index is 12.1. The van der Waals surface area contributed by atoms with Gasteiger partial charge in [-0.1, -0.05) is 24.5 Å². The van der Waals surface area contributed by atoms with Gasteiger partial charge in [0.15, 0.2) is 5.69 Å². The average molecular weight is 265 g/mol. The van der Waals surface area contributed by atoms with E-state index in [1.54, 1.807) is 10.9 Å². The fourth-order valence-corrected chi connectivity index (χ4v) is 2.68. The molecule has 1 aromatic heterocycles. The van der Waals surface area contributed by atoms with Crippen molar-refractivity contribution in [1.82, 2.24) is 20.3 Å². The molecule has 0 aliphatic heterocycles. The molecule has 1 heterocycles. The second-order valence-electron chi connectivity index (χ2n) is 5.32.